The molecular formula is C20H20N4O2S. The quantitative estimate of drug-likeness (QED) is 0.457. The average Bonchev–Trinajstić information content (AvgIpc) is 2.71. The average molecular weight is 380 g/mol. The van der Waals surface area contributed by atoms with Crippen molar-refractivity contribution in [2.75, 3.05) is 24.2 Å². The standard InChI is InChI=1S/C20H20N4O2S/c1-2-22-19-17-5-3-4-6-18(17)23-20(24-19)27-13-15(25)12-26-16-9-7-14(11-21)8-10-16/h3-10,15,25H,2,12-13H2,1H3,(H,22,23,24). The van der Waals surface area contributed by atoms with Crippen LogP contribution >= 0.6 is 11.8 Å². The third kappa shape index (κ3) is 5.09. The lowest BCUT2D eigenvalue weighted by atomic mass is 10.2. The van der Waals surface area contributed by atoms with E-state index in [4.69, 9.17) is 10.00 Å². The Morgan fingerprint density at radius 3 is 2.70 bits per heavy atom. The molecule has 138 valence electrons. The number of para-hydroxylation sites is 1. The molecule has 0 fully saturated rings. The molecule has 1 atom stereocenters. The van der Waals surface area contributed by atoms with Gasteiger partial charge in [0.15, 0.2) is 5.16 Å². The number of nitrogens with one attached hydrogen (secondary N) is 1. The topological polar surface area (TPSA) is 91.1 Å². The van der Waals surface area contributed by atoms with Crippen molar-refractivity contribution in [3.63, 3.8) is 0 Å². The Balaban J connectivity index is 1.59. The molecule has 0 radical (unpaired) electrons. The number of thioether (sulfide) groups is 1. The maximum atomic E-state index is 10.2. The van der Waals surface area contributed by atoms with E-state index in [-0.39, 0.29) is 6.61 Å². The number of benzene rings is 2. The zero-order chi connectivity index (χ0) is 19.1. The molecule has 6 nitrogen and oxygen atoms in total. The van der Waals surface area contributed by atoms with E-state index in [1.807, 2.05) is 31.2 Å². The predicted molar refractivity (Wildman–Crippen MR) is 107 cm³/mol. The van der Waals surface area contributed by atoms with Crippen molar-refractivity contribution < 1.29 is 9.84 Å². The van der Waals surface area contributed by atoms with E-state index in [2.05, 4.69) is 21.4 Å². The maximum absolute atomic E-state index is 10.2. The summed E-state index contributed by atoms with van der Waals surface area (Å²) in [7, 11) is 0. The highest BCUT2D eigenvalue weighted by Gasteiger charge is 2.11. The van der Waals surface area contributed by atoms with Crippen molar-refractivity contribution in [1.82, 2.24) is 9.97 Å². The van der Waals surface area contributed by atoms with E-state index >= 15 is 0 Å². The number of hydrogen-bond acceptors (Lipinski definition) is 7. The third-order valence-electron chi connectivity index (χ3n) is 3.76. The molecule has 2 N–H and O–H groups in total. The highest BCUT2D eigenvalue weighted by atomic mass is 32.2. The second-order valence-corrected chi connectivity index (χ2v) is 6.80. The normalized spacial score (nSPS) is 11.7. The van der Waals surface area contributed by atoms with Crippen LogP contribution in [0.1, 0.15) is 12.5 Å². The summed E-state index contributed by atoms with van der Waals surface area (Å²) in [5, 5.41) is 23.8. The molecule has 27 heavy (non-hydrogen) atoms. The van der Waals surface area contributed by atoms with E-state index in [1.54, 1.807) is 24.3 Å². The second-order valence-electron chi connectivity index (χ2n) is 5.81. The zero-order valence-electron chi connectivity index (χ0n) is 14.9. The minimum Gasteiger partial charge on any atom is -0.491 e. The molecule has 0 amide bonds. The summed E-state index contributed by atoms with van der Waals surface area (Å²) in [4.78, 5) is 9.11. The van der Waals surface area contributed by atoms with Crippen molar-refractivity contribution in [3.8, 4) is 11.8 Å². The summed E-state index contributed by atoms with van der Waals surface area (Å²) in [6.07, 6.45) is -0.664. The lowest BCUT2D eigenvalue weighted by Gasteiger charge is -2.13. The summed E-state index contributed by atoms with van der Waals surface area (Å²) in [6, 6.07) is 16.7. The van der Waals surface area contributed by atoms with Crippen LogP contribution in [0.5, 0.6) is 5.75 Å². The van der Waals surface area contributed by atoms with Crippen LogP contribution in [-0.4, -0.2) is 40.1 Å². The zero-order valence-corrected chi connectivity index (χ0v) is 15.7. The number of nitrogens with zero attached hydrogens (tertiary/aromatic N) is 3. The summed E-state index contributed by atoms with van der Waals surface area (Å²) >= 11 is 1.39. The van der Waals surface area contributed by atoms with E-state index in [9.17, 15) is 5.11 Å². The van der Waals surface area contributed by atoms with E-state index < -0.39 is 6.10 Å². The highest BCUT2D eigenvalue weighted by Crippen LogP contribution is 2.24. The Labute approximate surface area is 162 Å². The molecule has 0 saturated carbocycles. The van der Waals surface area contributed by atoms with Gasteiger partial charge < -0.3 is 15.2 Å². The first-order chi connectivity index (χ1) is 13.2. The number of aliphatic hydroxyl groups is 1. The van der Waals surface area contributed by atoms with Gasteiger partial charge in [0.05, 0.1) is 23.3 Å². The van der Waals surface area contributed by atoms with Crippen LogP contribution < -0.4 is 10.1 Å². The molecule has 1 heterocycles. The molecule has 0 spiro atoms. The van der Waals surface area contributed by atoms with Crippen molar-refractivity contribution in [2.24, 2.45) is 0 Å². The van der Waals surface area contributed by atoms with E-state index in [0.29, 0.717) is 22.2 Å². The second kappa shape index (κ2) is 9.21. The van der Waals surface area contributed by atoms with Crippen LogP contribution in [0, 0.1) is 11.3 Å². The molecular weight excluding hydrogens is 360 g/mol. The molecule has 1 aromatic heterocycles. The van der Waals surface area contributed by atoms with Crippen LogP contribution in [0.25, 0.3) is 10.9 Å². The lowest BCUT2D eigenvalue weighted by Crippen LogP contribution is -2.20. The largest absolute Gasteiger partial charge is 0.491 e. The number of rotatable bonds is 8. The molecule has 0 aliphatic rings. The van der Waals surface area contributed by atoms with Gasteiger partial charge in [-0.05, 0) is 43.3 Å². The Hall–Kier alpha value is -2.82. The van der Waals surface area contributed by atoms with Crippen LogP contribution in [0.15, 0.2) is 53.7 Å². The van der Waals surface area contributed by atoms with Crippen molar-refractivity contribution in [3.05, 3.63) is 54.1 Å². The van der Waals surface area contributed by atoms with Crippen LogP contribution in [0.3, 0.4) is 0 Å². The van der Waals surface area contributed by atoms with Gasteiger partial charge >= 0.3 is 0 Å². The fraction of sp³-hybridized carbons (Fsp3) is 0.250. The molecule has 0 aliphatic carbocycles. The first kappa shape index (κ1) is 19.0. The van der Waals surface area contributed by atoms with E-state index in [1.165, 1.54) is 11.8 Å². The van der Waals surface area contributed by atoms with Gasteiger partial charge in [-0.3, -0.25) is 0 Å². The minimum absolute atomic E-state index is 0.159. The first-order valence-corrected chi connectivity index (χ1v) is 9.62. The fourth-order valence-electron chi connectivity index (χ4n) is 2.46. The Morgan fingerprint density at radius 2 is 1.96 bits per heavy atom. The van der Waals surface area contributed by atoms with Gasteiger partial charge in [-0.1, -0.05) is 23.9 Å². The number of aromatic nitrogens is 2. The first-order valence-electron chi connectivity index (χ1n) is 8.64. The van der Waals surface area contributed by atoms with Crippen molar-refractivity contribution in [2.45, 2.75) is 18.2 Å². The number of aliphatic hydroxyl groups excluding tert-OH is 1. The SMILES string of the molecule is CCNc1nc(SCC(O)COc2ccc(C#N)cc2)nc2ccccc12. The molecule has 7 heteroatoms. The predicted octanol–water partition coefficient (Wildman–Crippen LogP) is 3.47. The number of fused-ring (bicyclic) bond motifs is 1. The maximum Gasteiger partial charge on any atom is 0.190 e. The minimum atomic E-state index is -0.664. The third-order valence-corrected chi connectivity index (χ3v) is 4.75. The number of nitriles is 1. The summed E-state index contributed by atoms with van der Waals surface area (Å²) in [5.74, 6) is 1.84. The van der Waals surface area contributed by atoms with Gasteiger partial charge in [0.1, 0.15) is 18.2 Å². The van der Waals surface area contributed by atoms with Crippen LogP contribution in [0.2, 0.25) is 0 Å². The van der Waals surface area contributed by atoms with Crippen LogP contribution in [-0.2, 0) is 0 Å². The molecule has 3 aromatic rings. The van der Waals surface area contributed by atoms with E-state index in [0.717, 1.165) is 23.3 Å². The lowest BCUT2D eigenvalue weighted by molar-refractivity contribution is 0.126. The molecule has 0 bridgehead atoms. The van der Waals surface area contributed by atoms with Gasteiger partial charge in [-0.2, -0.15) is 5.26 Å². The Kier molecular flexibility index (Phi) is 6.47. The van der Waals surface area contributed by atoms with Gasteiger partial charge in [0.2, 0.25) is 0 Å². The van der Waals surface area contributed by atoms with Gasteiger partial charge in [0, 0.05) is 17.7 Å². The molecule has 0 saturated heterocycles. The Morgan fingerprint density at radius 1 is 1.19 bits per heavy atom. The van der Waals surface area contributed by atoms with Gasteiger partial charge in [-0.15, -0.1) is 0 Å². The monoisotopic (exact) mass is 380 g/mol. The molecule has 2 aromatic carbocycles. The number of hydrogen-bond donors (Lipinski definition) is 2. The summed E-state index contributed by atoms with van der Waals surface area (Å²) in [5.41, 5.74) is 1.44. The van der Waals surface area contributed by atoms with Crippen molar-refractivity contribution in [1.29, 1.82) is 5.26 Å². The Bertz CT molecular complexity index is 941. The molecule has 0 aliphatic heterocycles. The number of ether oxygens (including phenoxy) is 1. The van der Waals surface area contributed by atoms with Crippen molar-refractivity contribution >= 4 is 28.5 Å². The fourth-order valence-corrected chi connectivity index (χ4v) is 3.22. The number of anilines is 1. The summed E-state index contributed by atoms with van der Waals surface area (Å²) < 4.78 is 5.56. The van der Waals surface area contributed by atoms with Gasteiger partial charge in [0.25, 0.3) is 0 Å². The van der Waals surface area contributed by atoms with Crippen LogP contribution in [0.4, 0.5) is 5.82 Å². The molecule has 1 unspecified atom stereocenters. The summed E-state index contributed by atoms with van der Waals surface area (Å²) in [6.45, 7) is 2.95. The van der Waals surface area contributed by atoms with Gasteiger partial charge in [-0.25, -0.2) is 9.97 Å². The highest BCUT2D eigenvalue weighted by molar-refractivity contribution is 7.99. The smallest absolute Gasteiger partial charge is 0.190 e. The molecule has 3 rings (SSSR count).